The van der Waals surface area contributed by atoms with Crippen LogP contribution in [0, 0.1) is 3.57 Å². The maximum absolute atomic E-state index is 13.1. The van der Waals surface area contributed by atoms with Gasteiger partial charge in [-0.2, -0.15) is 0 Å². The highest BCUT2D eigenvalue weighted by molar-refractivity contribution is 14.1. The molecule has 1 aliphatic rings. The molecule has 0 saturated carbocycles. The van der Waals surface area contributed by atoms with Gasteiger partial charge in [0.05, 0.1) is 39.5 Å². The Kier molecular flexibility index (Phi) is 7.89. The van der Waals surface area contributed by atoms with Crippen molar-refractivity contribution in [3.8, 4) is 17.2 Å². The molecule has 1 saturated heterocycles. The molecule has 0 atom stereocenters. The van der Waals surface area contributed by atoms with Crippen molar-refractivity contribution in [1.82, 2.24) is 0 Å². The van der Waals surface area contributed by atoms with Gasteiger partial charge >= 0.3 is 0 Å². The van der Waals surface area contributed by atoms with Crippen LogP contribution in [0.4, 0.5) is 5.69 Å². The number of anilines is 1. The Hall–Kier alpha value is -1.49. The van der Waals surface area contributed by atoms with Crippen LogP contribution in [0.15, 0.2) is 35.2 Å². The van der Waals surface area contributed by atoms with E-state index >= 15 is 0 Å². The molecule has 0 aromatic heterocycles. The Balaban J connectivity index is 1.94. The zero-order valence-electron chi connectivity index (χ0n) is 16.5. The van der Waals surface area contributed by atoms with Gasteiger partial charge in [0.25, 0.3) is 5.91 Å². The lowest BCUT2D eigenvalue weighted by molar-refractivity contribution is -0.113. The number of halogens is 2. The number of thiocarbonyl (C=S) groups is 1. The Morgan fingerprint density at radius 1 is 1.17 bits per heavy atom. The molecule has 2 aromatic carbocycles. The minimum Gasteiger partial charge on any atom is -0.495 e. The van der Waals surface area contributed by atoms with Gasteiger partial charge in [-0.25, -0.2) is 0 Å². The van der Waals surface area contributed by atoms with E-state index in [1.807, 2.05) is 32.1 Å². The number of rotatable bonds is 7. The predicted octanol–water partition coefficient (Wildman–Crippen LogP) is 6.16. The van der Waals surface area contributed by atoms with E-state index in [4.69, 9.17) is 38.0 Å². The zero-order chi connectivity index (χ0) is 21.8. The summed E-state index contributed by atoms with van der Waals surface area (Å²) >= 11 is 15.1. The van der Waals surface area contributed by atoms with E-state index in [-0.39, 0.29) is 5.91 Å². The van der Waals surface area contributed by atoms with E-state index in [0.29, 0.717) is 50.4 Å². The van der Waals surface area contributed by atoms with Crippen LogP contribution in [0.1, 0.15) is 19.4 Å². The quantitative estimate of drug-likeness (QED) is 0.224. The SMILES string of the molecule is CCOc1cc(/C=C2/SC(=S)N(c3ccc(OC)c(Cl)c3)C2=O)cc(I)c1OCC. The molecule has 0 radical (unpaired) electrons. The number of carbonyl (C=O) groups excluding carboxylic acids is 1. The highest BCUT2D eigenvalue weighted by Gasteiger charge is 2.33. The number of hydrogen-bond acceptors (Lipinski definition) is 6. The lowest BCUT2D eigenvalue weighted by Gasteiger charge is -2.16. The van der Waals surface area contributed by atoms with Gasteiger partial charge in [0.2, 0.25) is 0 Å². The van der Waals surface area contributed by atoms with Gasteiger partial charge in [0.15, 0.2) is 15.8 Å². The molecule has 3 rings (SSSR count). The van der Waals surface area contributed by atoms with Gasteiger partial charge < -0.3 is 14.2 Å². The number of amides is 1. The smallest absolute Gasteiger partial charge is 0.270 e. The average Bonchev–Trinajstić information content (AvgIpc) is 2.98. The topological polar surface area (TPSA) is 48.0 Å². The van der Waals surface area contributed by atoms with E-state index in [2.05, 4.69) is 22.6 Å². The Labute approximate surface area is 203 Å². The third-order valence-corrected chi connectivity index (χ3v) is 6.50. The zero-order valence-corrected chi connectivity index (χ0v) is 21.1. The summed E-state index contributed by atoms with van der Waals surface area (Å²) in [4.78, 5) is 15.1. The monoisotopic (exact) mass is 575 g/mol. The third-order valence-electron chi connectivity index (χ3n) is 4.11. The van der Waals surface area contributed by atoms with Gasteiger partial charge in [0, 0.05) is 0 Å². The molecular weight excluding hydrogens is 557 g/mol. The van der Waals surface area contributed by atoms with E-state index in [1.165, 1.54) is 23.8 Å². The minimum absolute atomic E-state index is 0.201. The standard InChI is InChI=1S/C21H19ClINO4S2/c1-4-27-17-9-12(8-15(23)19(17)28-5-2)10-18-20(25)24(21(29)30-18)13-6-7-16(26-3)14(22)11-13/h6-11H,4-5H2,1-3H3/b18-10+. The first-order valence-corrected chi connectivity index (χ1v) is 11.8. The maximum Gasteiger partial charge on any atom is 0.270 e. The summed E-state index contributed by atoms with van der Waals surface area (Å²) in [5.74, 6) is 1.69. The molecule has 1 fully saturated rings. The summed E-state index contributed by atoms with van der Waals surface area (Å²) in [6.07, 6.45) is 1.81. The lowest BCUT2D eigenvalue weighted by Crippen LogP contribution is -2.27. The number of hydrogen-bond donors (Lipinski definition) is 0. The van der Waals surface area contributed by atoms with Gasteiger partial charge in [-0.15, -0.1) is 0 Å². The first-order chi connectivity index (χ1) is 14.4. The molecule has 0 aliphatic carbocycles. The fourth-order valence-electron chi connectivity index (χ4n) is 2.85. The molecule has 1 aliphatic heterocycles. The van der Waals surface area contributed by atoms with Crippen LogP contribution in [0.2, 0.25) is 5.02 Å². The fourth-order valence-corrected chi connectivity index (χ4v) is 5.19. The second-order valence-corrected chi connectivity index (χ2v) is 9.28. The highest BCUT2D eigenvalue weighted by atomic mass is 127. The minimum atomic E-state index is -0.201. The molecule has 30 heavy (non-hydrogen) atoms. The van der Waals surface area contributed by atoms with Crippen LogP contribution in [0.25, 0.3) is 6.08 Å². The summed E-state index contributed by atoms with van der Waals surface area (Å²) in [5, 5.41) is 0.412. The summed E-state index contributed by atoms with van der Waals surface area (Å²) in [6, 6.07) is 8.95. The van der Waals surface area contributed by atoms with Crippen molar-refractivity contribution in [3.05, 3.63) is 49.4 Å². The molecule has 2 aromatic rings. The molecule has 0 bridgehead atoms. The van der Waals surface area contributed by atoms with E-state index in [1.54, 1.807) is 18.2 Å². The summed E-state index contributed by atoms with van der Waals surface area (Å²) in [7, 11) is 1.54. The second kappa shape index (κ2) is 10.2. The summed E-state index contributed by atoms with van der Waals surface area (Å²) in [6.45, 7) is 4.90. The summed E-state index contributed by atoms with van der Waals surface area (Å²) in [5.41, 5.74) is 1.43. The number of benzene rings is 2. The normalized spacial score (nSPS) is 15.1. The average molecular weight is 576 g/mol. The number of carbonyl (C=O) groups is 1. The largest absolute Gasteiger partial charge is 0.495 e. The Morgan fingerprint density at radius 3 is 2.53 bits per heavy atom. The van der Waals surface area contributed by atoms with Gasteiger partial charge in [-0.1, -0.05) is 35.6 Å². The Bertz CT molecular complexity index is 1030. The molecular formula is C21H19ClINO4S2. The lowest BCUT2D eigenvalue weighted by atomic mass is 10.1. The first-order valence-electron chi connectivity index (χ1n) is 9.10. The molecule has 0 N–H and O–H groups in total. The fraction of sp³-hybridized carbons (Fsp3) is 0.238. The maximum atomic E-state index is 13.1. The van der Waals surface area contributed by atoms with Gasteiger partial charge in [-0.3, -0.25) is 9.69 Å². The van der Waals surface area contributed by atoms with Crippen molar-refractivity contribution >= 4 is 80.2 Å². The van der Waals surface area contributed by atoms with Crippen LogP contribution >= 0.6 is 58.2 Å². The summed E-state index contributed by atoms with van der Waals surface area (Å²) < 4.78 is 18.0. The van der Waals surface area contributed by atoms with Crippen LogP contribution in [-0.2, 0) is 4.79 Å². The van der Waals surface area contributed by atoms with E-state index in [0.717, 1.165) is 9.13 Å². The number of nitrogens with zero attached hydrogens (tertiary/aromatic N) is 1. The molecule has 1 amide bonds. The van der Waals surface area contributed by atoms with E-state index in [9.17, 15) is 4.79 Å². The van der Waals surface area contributed by atoms with Crippen molar-refractivity contribution in [2.24, 2.45) is 0 Å². The molecule has 158 valence electrons. The molecule has 5 nitrogen and oxygen atoms in total. The highest BCUT2D eigenvalue weighted by Crippen LogP contribution is 2.40. The van der Waals surface area contributed by atoms with Crippen molar-refractivity contribution in [2.45, 2.75) is 13.8 Å². The predicted molar refractivity (Wildman–Crippen MR) is 135 cm³/mol. The van der Waals surface area contributed by atoms with Crippen LogP contribution in [0.3, 0.4) is 0 Å². The molecule has 0 spiro atoms. The third kappa shape index (κ3) is 4.87. The van der Waals surface area contributed by atoms with Crippen molar-refractivity contribution in [1.29, 1.82) is 0 Å². The first kappa shape index (κ1) is 23.2. The van der Waals surface area contributed by atoms with Gasteiger partial charge in [0.1, 0.15) is 5.75 Å². The van der Waals surface area contributed by atoms with Crippen molar-refractivity contribution in [3.63, 3.8) is 0 Å². The van der Waals surface area contributed by atoms with Crippen LogP contribution in [0.5, 0.6) is 17.2 Å². The van der Waals surface area contributed by atoms with Gasteiger partial charge in [-0.05, 0) is 78.4 Å². The van der Waals surface area contributed by atoms with E-state index < -0.39 is 0 Å². The number of methoxy groups -OCH3 is 1. The number of ether oxygens (including phenoxy) is 3. The second-order valence-electron chi connectivity index (χ2n) is 6.03. The van der Waals surface area contributed by atoms with Crippen molar-refractivity contribution < 1.29 is 19.0 Å². The molecule has 0 unspecified atom stereocenters. The van der Waals surface area contributed by atoms with Crippen LogP contribution < -0.4 is 19.1 Å². The molecule has 1 heterocycles. The van der Waals surface area contributed by atoms with Crippen LogP contribution in [-0.4, -0.2) is 30.6 Å². The van der Waals surface area contributed by atoms with Crippen molar-refractivity contribution in [2.75, 3.05) is 25.2 Å². The number of thioether (sulfide) groups is 1. The Morgan fingerprint density at radius 2 is 1.90 bits per heavy atom. The molecule has 9 heteroatoms.